The van der Waals surface area contributed by atoms with Gasteiger partial charge in [0.15, 0.2) is 0 Å². The highest BCUT2D eigenvalue weighted by Gasteiger charge is 2.15. The van der Waals surface area contributed by atoms with Gasteiger partial charge in [0, 0.05) is 24.0 Å². The molecule has 0 bridgehead atoms. The van der Waals surface area contributed by atoms with E-state index in [0.717, 1.165) is 18.2 Å². The van der Waals surface area contributed by atoms with Crippen LogP contribution in [0.1, 0.15) is 25.5 Å². The van der Waals surface area contributed by atoms with Gasteiger partial charge in [-0.25, -0.2) is 0 Å². The highest BCUT2D eigenvalue weighted by Crippen LogP contribution is 2.29. The fourth-order valence-corrected chi connectivity index (χ4v) is 2.38. The lowest BCUT2D eigenvalue weighted by molar-refractivity contribution is 0.306. The van der Waals surface area contributed by atoms with Crippen LogP contribution < -0.4 is 16.0 Å². The summed E-state index contributed by atoms with van der Waals surface area (Å²) in [5.74, 6) is 0.667. The van der Waals surface area contributed by atoms with Crippen LogP contribution in [0.25, 0.3) is 10.8 Å². The first-order valence-corrected chi connectivity index (χ1v) is 7.12. The van der Waals surface area contributed by atoms with Crippen molar-refractivity contribution in [2.24, 2.45) is 12.8 Å². The zero-order valence-electron chi connectivity index (χ0n) is 12.2. The highest BCUT2D eigenvalue weighted by atomic mass is 35.5. The summed E-state index contributed by atoms with van der Waals surface area (Å²) in [7, 11) is 1.71. The molecule has 2 aromatic rings. The Labute approximate surface area is 135 Å². The molecule has 0 fully saturated rings. The molecular weight excluding hydrogens is 311 g/mol. The lowest BCUT2D eigenvalue weighted by Gasteiger charge is -2.16. The first kappa shape index (κ1) is 17.8. The number of unbranched alkanes of at least 4 members (excludes halogenated alkanes) is 1. The van der Waals surface area contributed by atoms with Gasteiger partial charge in [-0.3, -0.25) is 4.79 Å². The molecule has 2 rings (SSSR count). The van der Waals surface area contributed by atoms with Crippen molar-refractivity contribution in [2.75, 3.05) is 6.61 Å². The average molecular weight is 331 g/mol. The van der Waals surface area contributed by atoms with Gasteiger partial charge in [-0.05, 0) is 24.6 Å². The van der Waals surface area contributed by atoms with E-state index in [4.69, 9.17) is 22.1 Å². The van der Waals surface area contributed by atoms with Crippen molar-refractivity contribution in [1.82, 2.24) is 4.57 Å². The quantitative estimate of drug-likeness (QED) is 0.856. The average Bonchev–Trinajstić information content (AvgIpc) is 2.44. The molecule has 1 aromatic heterocycles. The molecule has 0 aliphatic heterocycles. The van der Waals surface area contributed by atoms with Crippen molar-refractivity contribution in [3.8, 4) is 5.75 Å². The molecule has 2 N–H and O–H groups in total. The van der Waals surface area contributed by atoms with Crippen LogP contribution in [-0.2, 0) is 13.6 Å². The Morgan fingerprint density at radius 3 is 2.67 bits per heavy atom. The molecule has 0 unspecified atom stereocenters. The summed E-state index contributed by atoms with van der Waals surface area (Å²) in [4.78, 5) is 12.3. The number of nitrogens with two attached hydrogens (primary N) is 1. The Balaban J connectivity index is 0.00000220. The molecule has 116 valence electrons. The van der Waals surface area contributed by atoms with Gasteiger partial charge >= 0.3 is 0 Å². The van der Waals surface area contributed by atoms with Gasteiger partial charge in [0.05, 0.1) is 17.7 Å². The normalized spacial score (nSPS) is 10.5. The monoisotopic (exact) mass is 330 g/mol. The van der Waals surface area contributed by atoms with Gasteiger partial charge in [-0.2, -0.15) is 0 Å². The number of nitrogens with zero attached hydrogens (tertiary/aromatic N) is 1. The van der Waals surface area contributed by atoms with Gasteiger partial charge in [0.2, 0.25) is 0 Å². The molecule has 0 radical (unpaired) electrons. The molecule has 0 atom stereocenters. The van der Waals surface area contributed by atoms with E-state index in [9.17, 15) is 4.79 Å². The van der Waals surface area contributed by atoms with Crippen LogP contribution >= 0.6 is 24.0 Å². The number of benzene rings is 1. The number of hydrogen-bond acceptors (Lipinski definition) is 3. The zero-order chi connectivity index (χ0) is 14.7. The molecule has 4 nitrogen and oxygen atoms in total. The van der Waals surface area contributed by atoms with E-state index < -0.39 is 0 Å². The number of halogens is 2. The smallest absolute Gasteiger partial charge is 0.258 e. The van der Waals surface area contributed by atoms with Crippen LogP contribution in [0.5, 0.6) is 5.75 Å². The Morgan fingerprint density at radius 1 is 1.33 bits per heavy atom. The summed E-state index contributed by atoms with van der Waals surface area (Å²) in [5.41, 5.74) is 6.39. The van der Waals surface area contributed by atoms with E-state index in [-0.39, 0.29) is 24.5 Å². The van der Waals surface area contributed by atoms with Crippen LogP contribution in [0, 0.1) is 0 Å². The number of pyridine rings is 1. The highest BCUT2D eigenvalue weighted by molar-refractivity contribution is 6.31. The summed E-state index contributed by atoms with van der Waals surface area (Å²) in [6.07, 6.45) is 2.00. The van der Waals surface area contributed by atoms with Crippen LogP contribution in [0.15, 0.2) is 23.0 Å². The molecule has 0 amide bonds. The summed E-state index contributed by atoms with van der Waals surface area (Å²) in [5, 5.41) is 1.91. The van der Waals surface area contributed by atoms with Crippen molar-refractivity contribution in [3.05, 3.63) is 39.3 Å². The van der Waals surface area contributed by atoms with Crippen molar-refractivity contribution in [2.45, 2.75) is 26.3 Å². The third-order valence-electron chi connectivity index (χ3n) is 3.37. The third kappa shape index (κ3) is 3.51. The summed E-state index contributed by atoms with van der Waals surface area (Å²) < 4.78 is 7.43. The number of ether oxygens (including phenoxy) is 1. The minimum absolute atomic E-state index is 0. The van der Waals surface area contributed by atoms with Crippen LogP contribution in [-0.4, -0.2) is 11.2 Å². The fourth-order valence-electron chi connectivity index (χ4n) is 2.21. The van der Waals surface area contributed by atoms with E-state index in [2.05, 4.69) is 6.92 Å². The van der Waals surface area contributed by atoms with Crippen LogP contribution in [0.2, 0.25) is 5.02 Å². The van der Waals surface area contributed by atoms with E-state index >= 15 is 0 Å². The summed E-state index contributed by atoms with van der Waals surface area (Å²) >= 11 is 6.04. The third-order valence-corrected chi connectivity index (χ3v) is 3.60. The molecule has 0 aliphatic carbocycles. The maximum Gasteiger partial charge on any atom is 0.258 e. The summed E-state index contributed by atoms with van der Waals surface area (Å²) in [6.45, 7) is 2.95. The molecule has 6 heteroatoms. The van der Waals surface area contributed by atoms with Crippen molar-refractivity contribution >= 4 is 34.8 Å². The van der Waals surface area contributed by atoms with Crippen molar-refractivity contribution in [1.29, 1.82) is 0 Å². The van der Waals surface area contributed by atoms with Crippen LogP contribution in [0.3, 0.4) is 0 Å². The maximum absolute atomic E-state index is 12.3. The fraction of sp³-hybridized carbons (Fsp3) is 0.400. The van der Waals surface area contributed by atoms with Gasteiger partial charge < -0.3 is 15.0 Å². The topological polar surface area (TPSA) is 57.2 Å². The van der Waals surface area contributed by atoms with E-state index in [0.29, 0.717) is 28.5 Å². The molecule has 0 aliphatic rings. The molecule has 0 saturated carbocycles. The first-order chi connectivity index (χ1) is 9.60. The number of aromatic nitrogens is 1. The van der Waals surface area contributed by atoms with E-state index in [1.807, 2.05) is 0 Å². The lowest BCUT2D eigenvalue weighted by Crippen LogP contribution is -2.24. The zero-order valence-corrected chi connectivity index (χ0v) is 13.8. The lowest BCUT2D eigenvalue weighted by atomic mass is 10.1. The van der Waals surface area contributed by atoms with Gasteiger partial charge in [0.25, 0.3) is 5.56 Å². The Kier molecular flexibility index (Phi) is 6.52. The second-order valence-corrected chi connectivity index (χ2v) is 5.17. The Hall–Kier alpha value is -1.23. The molecule has 1 aromatic carbocycles. The van der Waals surface area contributed by atoms with Crippen molar-refractivity contribution < 1.29 is 4.74 Å². The number of hydrogen-bond donors (Lipinski definition) is 1. The molecule has 0 saturated heterocycles. The SMILES string of the molecule is CCCCOc1c(CN)n(C)c(=O)c2ccc(Cl)cc12.Cl. The minimum Gasteiger partial charge on any atom is -0.491 e. The predicted octanol–water partition coefficient (Wildman–Crippen LogP) is 3.25. The molecule has 0 spiro atoms. The van der Waals surface area contributed by atoms with Crippen LogP contribution in [0.4, 0.5) is 0 Å². The standard InChI is InChI=1S/C15H19ClN2O2.ClH/c1-3-4-7-20-14-12-8-10(16)5-6-11(12)15(19)18(2)13(14)9-17;/h5-6,8H,3-4,7,9,17H2,1-2H3;1H. The Bertz CT molecular complexity index is 683. The van der Waals surface area contributed by atoms with Gasteiger partial charge in [0.1, 0.15) is 5.75 Å². The van der Waals surface area contributed by atoms with E-state index in [1.54, 1.807) is 29.8 Å². The first-order valence-electron chi connectivity index (χ1n) is 6.74. The number of fused-ring (bicyclic) bond motifs is 1. The molecule has 21 heavy (non-hydrogen) atoms. The predicted molar refractivity (Wildman–Crippen MR) is 89.7 cm³/mol. The van der Waals surface area contributed by atoms with Gasteiger partial charge in [-0.15, -0.1) is 12.4 Å². The minimum atomic E-state index is -0.0834. The Morgan fingerprint density at radius 2 is 2.05 bits per heavy atom. The second-order valence-electron chi connectivity index (χ2n) is 4.74. The molecule has 1 heterocycles. The van der Waals surface area contributed by atoms with Gasteiger partial charge in [-0.1, -0.05) is 24.9 Å². The van der Waals surface area contributed by atoms with Crippen molar-refractivity contribution in [3.63, 3.8) is 0 Å². The second kappa shape index (κ2) is 7.69. The number of rotatable bonds is 5. The molecular formula is C15H20Cl2N2O2. The summed E-state index contributed by atoms with van der Waals surface area (Å²) in [6, 6.07) is 5.20. The van der Waals surface area contributed by atoms with E-state index in [1.165, 1.54) is 0 Å². The maximum atomic E-state index is 12.3. The largest absolute Gasteiger partial charge is 0.491 e.